The molecule has 0 spiro atoms. The molecule has 1 rings (SSSR count). The molecule has 0 radical (unpaired) electrons. The van der Waals surface area contributed by atoms with E-state index in [1.807, 2.05) is 32.0 Å². The van der Waals surface area contributed by atoms with E-state index in [1.54, 1.807) is 25.2 Å². The van der Waals surface area contributed by atoms with Crippen LogP contribution in [0.1, 0.15) is 6.92 Å². The average molecular weight is 285 g/mol. The second kappa shape index (κ2) is 6.88. The minimum Gasteiger partial charge on any atom is -0.384 e. The molecule has 0 aliphatic heterocycles. The number of sulfonamides is 1. The summed E-state index contributed by atoms with van der Waals surface area (Å²) in [6.07, 6.45) is 0. The highest BCUT2D eigenvalue weighted by atomic mass is 32.2. The number of hydrogen-bond acceptors (Lipinski definition) is 4. The van der Waals surface area contributed by atoms with E-state index in [0.717, 1.165) is 0 Å². The van der Waals surface area contributed by atoms with Crippen molar-refractivity contribution < 1.29 is 8.42 Å². The van der Waals surface area contributed by atoms with Crippen molar-refractivity contribution in [3.63, 3.8) is 0 Å². The molecular weight excluding hydrogens is 262 g/mol. The second-order valence-electron chi connectivity index (χ2n) is 4.66. The fourth-order valence-electron chi connectivity index (χ4n) is 1.66. The lowest BCUT2D eigenvalue weighted by molar-refractivity contribution is 0.358. The molecule has 0 bridgehead atoms. The van der Waals surface area contributed by atoms with E-state index in [9.17, 15) is 8.42 Å². The van der Waals surface area contributed by atoms with Crippen molar-refractivity contribution in [2.75, 3.05) is 46.1 Å². The molecule has 0 saturated heterocycles. The predicted octanol–water partition coefficient (Wildman–Crippen LogP) is 1.30. The van der Waals surface area contributed by atoms with E-state index < -0.39 is 10.0 Å². The zero-order valence-electron chi connectivity index (χ0n) is 12.0. The lowest BCUT2D eigenvalue weighted by atomic mass is 10.3. The third-order valence-electron chi connectivity index (χ3n) is 2.80. The van der Waals surface area contributed by atoms with Gasteiger partial charge < -0.3 is 10.2 Å². The van der Waals surface area contributed by atoms with Crippen LogP contribution >= 0.6 is 0 Å². The number of hydrogen-bond donors (Lipinski definition) is 1. The molecule has 1 N–H and O–H groups in total. The van der Waals surface area contributed by atoms with Gasteiger partial charge in [-0.1, -0.05) is 12.1 Å². The van der Waals surface area contributed by atoms with Gasteiger partial charge in [0, 0.05) is 26.7 Å². The molecule has 5 nitrogen and oxygen atoms in total. The summed E-state index contributed by atoms with van der Waals surface area (Å²) in [5, 5.41) is 3.09. The zero-order valence-corrected chi connectivity index (χ0v) is 12.9. The van der Waals surface area contributed by atoms with Crippen molar-refractivity contribution in [1.29, 1.82) is 0 Å². The van der Waals surface area contributed by atoms with Crippen molar-refractivity contribution >= 4 is 15.7 Å². The summed E-state index contributed by atoms with van der Waals surface area (Å²) in [6.45, 7) is 3.79. The summed E-state index contributed by atoms with van der Waals surface area (Å²) in [4.78, 5) is 2.29. The highest BCUT2D eigenvalue weighted by Gasteiger charge is 2.23. The Kier molecular flexibility index (Phi) is 5.78. The number of anilines is 1. The third-order valence-corrected chi connectivity index (χ3v) is 4.72. The molecule has 0 aromatic heterocycles. The maximum absolute atomic E-state index is 12.5. The van der Waals surface area contributed by atoms with Crippen molar-refractivity contribution in [3.05, 3.63) is 24.3 Å². The molecule has 1 aromatic carbocycles. The summed E-state index contributed by atoms with van der Waals surface area (Å²) in [5.41, 5.74) is 0.654. The highest BCUT2D eigenvalue weighted by Crippen LogP contribution is 2.23. The highest BCUT2D eigenvalue weighted by molar-refractivity contribution is 7.89. The summed E-state index contributed by atoms with van der Waals surface area (Å²) in [7, 11) is 2.02. The van der Waals surface area contributed by atoms with Gasteiger partial charge in [0.05, 0.1) is 5.69 Å². The van der Waals surface area contributed by atoms with Crippen LogP contribution in [0.25, 0.3) is 0 Å². The predicted molar refractivity (Wildman–Crippen MR) is 79.0 cm³/mol. The Morgan fingerprint density at radius 2 is 1.74 bits per heavy atom. The fourth-order valence-corrected chi connectivity index (χ4v) is 2.98. The largest absolute Gasteiger partial charge is 0.384 e. The van der Waals surface area contributed by atoms with Crippen molar-refractivity contribution in [2.45, 2.75) is 11.8 Å². The van der Waals surface area contributed by atoms with Gasteiger partial charge in [-0.2, -0.15) is 4.31 Å². The molecule has 1 aromatic rings. The molecule has 0 aliphatic carbocycles. The quantitative estimate of drug-likeness (QED) is 0.820. The molecule has 0 aliphatic rings. The molecule has 0 atom stereocenters. The van der Waals surface area contributed by atoms with Crippen LogP contribution < -0.4 is 5.32 Å². The van der Waals surface area contributed by atoms with Gasteiger partial charge in [0.25, 0.3) is 0 Å². The lowest BCUT2D eigenvalue weighted by Gasteiger charge is -2.21. The van der Waals surface area contributed by atoms with Crippen LogP contribution in [0.4, 0.5) is 5.69 Å². The Balaban J connectivity index is 2.99. The van der Waals surface area contributed by atoms with Crippen LogP contribution in [-0.2, 0) is 10.0 Å². The summed E-state index contributed by atoms with van der Waals surface area (Å²) < 4.78 is 26.4. The number of para-hydroxylation sites is 1. The first-order valence-corrected chi connectivity index (χ1v) is 7.77. The Hall–Kier alpha value is -1.11. The Labute approximate surface area is 116 Å². The van der Waals surface area contributed by atoms with Crippen LogP contribution in [0.2, 0.25) is 0 Å². The Bertz CT molecular complexity index is 500. The SMILES string of the molecule is CCNc1ccccc1S(=O)(=O)N(C)CCN(C)C. The topological polar surface area (TPSA) is 52.7 Å². The van der Waals surface area contributed by atoms with E-state index in [-0.39, 0.29) is 0 Å². The van der Waals surface area contributed by atoms with E-state index in [2.05, 4.69) is 5.32 Å². The van der Waals surface area contributed by atoms with Crippen LogP contribution in [0, 0.1) is 0 Å². The van der Waals surface area contributed by atoms with E-state index in [0.29, 0.717) is 30.2 Å². The average Bonchev–Trinajstić information content (AvgIpc) is 2.36. The van der Waals surface area contributed by atoms with Crippen LogP contribution in [0.3, 0.4) is 0 Å². The zero-order chi connectivity index (χ0) is 14.5. The first kappa shape index (κ1) is 15.9. The van der Waals surface area contributed by atoms with Gasteiger partial charge >= 0.3 is 0 Å². The molecule has 19 heavy (non-hydrogen) atoms. The first-order valence-electron chi connectivity index (χ1n) is 6.33. The fraction of sp³-hybridized carbons (Fsp3) is 0.538. The molecule has 6 heteroatoms. The monoisotopic (exact) mass is 285 g/mol. The van der Waals surface area contributed by atoms with Crippen LogP contribution in [0.5, 0.6) is 0 Å². The molecule has 0 fully saturated rings. The third kappa shape index (κ3) is 4.19. The van der Waals surface area contributed by atoms with Gasteiger partial charge in [-0.05, 0) is 33.2 Å². The summed E-state index contributed by atoms with van der Waals surface area (Å²) in [5.74, 6) is 0. The van der Waals surface area contributed by atoms with E-state index >= 15 is 0 Å². The summed E-state index contributed by atoms with van der Waals surface area (Å²) >= 11 is 0. The van der Waals surface area contributed by atoms with Gasteiger partial charge in [-0.3, -0.25) is 0 Å². The maximum atomic E-state index is 12.5. The second-order valence-corrected chi connectivity index (χ2v) is 6.67. The molecule has 108 valence electrons. The van der Waals surface area contributed by atoms with Crippen molar-refractivity contribution in [3.8, 4) is 0 Å². The maximum Gasteiger partial charge on any atom is 0.244 e. The summed E-state index contributed by atoms with van der Waals surface area (Å²) in [6, 6.07) is 7.00. The lowest BCUT2D eigenvalue weighted by Crippen LogP contribution is -2.33. The smallest absolute Gasteiger partial charge is 0.244 e. The Morgan fingerprint density at radius 1 is 1.11 bits per heavy atom. The van der Waals surface area contributed by atoms with Crippen molar-refractivity contribution in [2.24, 2.45) is 0 Å². The standard InChI is InChI=1S/C13H23N3O2S/c1-5-14-12-8-6-7-9-13(12)19(17,18)16(4)11-10-15(2)3/h6-9,14H,5,10-11H2,1-4H3. The number of rotatable bonds is 7. The first-order chi connectivity index (χ1) is 8.89. The van der Waals surface area contributed by atoms with Crippen LogP contribution in [-0.4, -0.2) is 58.4 Å². The van der Waals surface area contributed by atoms with Crippen LogP contribution in [0.15, 0.2) is 29.2 Å². The normalized spacial score (nSPS) is 12.1. The van der Waals surface area contributed by atoms with Gasteiger partial charge in [-0.15, -0.1) is 0 Å². The minimum atomic E-state index is -3.44. The Morgan fingerprint density at radius 3 is 2.32 bits per heavy atom. The number of nitrogens with zero attached hydrogens (tertiary/aromatic N) is 2. The molecule has 0 unspecified atom stereocenters. The van der Waals surface area contributed by atoms with E-state index in [4.69, 9.17) is 0 Å². The number of likely N-dealkylation sites (N-methyl/N-ethyl adjacent to an activating group) is 2. The molecule has 0 heterocycles. The van der Waals surface area contributed by atoms with Gasteiger partial charge in [0.1, 0.15) is 4.90 Å². The van der Waals surface area contributed by atoms with Crippen molar-refractivity contribution in [1.82, 2.24) is 9.21 Å². The molecule has 0 saturated carbocycles. The number of nitrogens with one attached hydrogen (secondary N) is 1. The van der Waals surface area contributed by atoms with Gasteiger partial charge in [0.2, 0.25) is 10.0 Å². The van der Waals surface area contributed by atoms with E-state index in [1.165, 1.54) is 4.31 Å². The minimum absolute atomic E-state index is 0.332. The number of benzene rings is 1. The molecule has 0 amide bonds. The molecular formula is C13H23N3O2S. The van der Waals surface area contributed by atoms with Gasteiger partial charge in [0.15, 0.2) is 0 Å². The van der Waals surface area contributed by atoms with Gasteiger partial charge in [-0.25, -0.2) is 8.42 Å².